The number of hydrogen-bond donors (Lipinski definition) is 4. The summed E-state index contributed by atoms with van der Waals surface area (Å²) >= 11 is 0. The van der Waals surface area contributed by atoms with Crippen LogP contribution in [0.25, 0.3) is 0 Å². The average Bonchev–Trinajstić information content (AvgIpc) is 3.00. The minimum absolute atomic E-state index is 0.0503. The van der Waals surface area contributed by atoms with Crippen LogP contribution in [0.3, 0.4) is 0 Å². The molecular formula is C32H36NO7P. The Morgan fingerprint density at radius 1 is 0.732 bits per heavy atom. The van der Waals surface area contributed by atoms with Crippen molar-refractivity contribution >= 4 is 7.60 Å². The van der Waals surface area contributed by atoms with Gasteiger partial charge in [0.25, 0.3) is 0 Å². The van der Waals surface area contributed by atoms with Gasteiger partial charge in [-0.25, -0.2) is 0 Å². The van der Waals surface area contributed by atoms with Gasteiger partial charge < -0.3 is 34.4 Å². The summed E-state index contributed by atoms with van der Waals surface area (Å²) in [6, 6.07) is 33.2. The maximum Gasteiger partial charge on any atom is 0.365 e. The number of phenolic OH excluding ortho intramolecular Hbond substituents is 1. The lowest BCUT2D eigenvalue weighted by Crippen LogP contribution is -2.32. The van der Waals surface area contributed by atoms with Gasteiger partial charge in [0.2, 0.25) is 0 Å². The Morgan fingerprint density at radius 3 is 1.90 bits per heavy atom. The van der Waals surface area contributed by atoms with Gasteiger partial charge in [0.15, 0.2) is 6.35 Å². The van der Waals surface area contributed by atoms with Gasteiger partial charge in [-0.3, -0.25) is 4.57 Å². The number of aliphatic hydroxyl groups is 1. The fourth-order valence-electron chi connectivity index (χ4n) is 4.19. The second-order valence-corrected chi connectivity index (χ2v) is 11.4. The lowest BCUT2D eigenvalue weighted by atomic mass is 9.92. The lowest BCUT2D eigenvalue weighted by molar-refractivity contribution is 0.106. The highest BCUT2D eigenvalue weighted by atomic mass is 31.2. The topological polar surface area (TPSA) is 117 Å². The first-order valence-corrected chi connectivity index (χ1v) is 15.2. The third-order valence-electron chi connectivity index (χ3n) is 6.41. The summed E-state index contributed by atoms with van der Waals surface area (Å²) in [4.78, 5) is 10.4. The molecule has 0 amide bonds. The molecule has 41 heavy (non-hydrogen) atoms. The van der Waals surface area contributed by atoms with Gasteiger partial charge in [0.1, 0.15) is 30.0 Å². The number of hydrogen-bond acceptors (Lipinski definition) is 7. The predicted molar refractivity (Wildman–Crippen MR) is 159 cm³/mol. The summed E-state index contributed by atoms with van der Waals surface area (Å²) in [7, 11) is -4.00. The van der Waals surface area contributed by atoms with Gasteiger partial charge in [0, 0.05) is 12.5 Å². The maximum absolute atomic E-state index is 12.8. The molecule has 0 radical (unpaired) electrons. The third-order valence-corrected chi connectivity index (χ3v) is 7.42. The Balaban J connectivity index is 1.17. The van der Waals surface area contributed by atoms with Crippen LogP contribution in [-0.2, 0) is 15.5 Å². The van der Waals surface area contributed by atoms with Crippen molar-refractivity contribution in [2.75, 3.05) is 32.7 Å². The molecule has 1 unspecified atom stereocenters. The number of aromatic hydroxyl groups is 1. The van der Waals surface area contributed by atoms with Crippen LogP contribution in [-0.4, -0.2) is 53.9 Å². The highest BCUT2D eigenvalue weighted by Crippen LogP contribution is 2.43. The third kappa shape index (κ3) is 10.4. The molecule has 0 aromatic heterocycles. The monoisotopic (exact) mass is 577 g/mol. The average molecular weight is 578 g/mol. The zero-order valence-corrected chi connectivity index (χ0v) is 23.6. The van der Waals surface area contributed by atoms with Crippen LogP contribution >= 0.6 is 7.60 Å². The molecule has 0 aliphatic rings. The Kier molecular flexibility index (Phi) is 11.4. The number of aliphatic hydroxyl groups excluding tert-OH is 1. The summed E-state index contributed by atoms with van der Waals surface area (Å²) in [5.74, 6) is 1.04. The van der Waals surface area contributed by atoms with Crippen molar-refractivity contribution in [2.24, 2.45) is 0 Å². The Hall–Kier alpha value is -3.65. The summed E-state index contributed by atoms with van der Waals surface area (Å²) in [5.41, 5.74) is 3.06. The highest BCUT2D eigenvalue weighted by Gasteiger charge is 2.24. The van der Waals surface area contributed by atoms with E-state index in [1.165, 1.54) is 12.1 Å². The smallest absolute Gasteiger partial charge is 0.365 e. The van der Waals surface area contributed by atoms with Crippen LogP contribution in [0.1, 0.15) is 22.6 Å². The zero-order chi connectivity index (χ0) is 28.9. The van der Waals surface area contributed by atoms with E-state index in [0.717, 1.165) is 23.1 Å². The largest absolute Gasteiger partial charge is 0.508 e. The SMILES string of the molecule is O=P(O)(COc1ccc(CCNC[C@H](O)COc2ccc(O)cc2)cc1)OCC(c1ccccc1)c1ccccc1. The number of rotatable bonds is 16. The van der Waals surface area contributed by atoms with Crippen LogP contribution in [0, 0.1) is 0 Å². The standard InChI is InChI=1S/C32H36NO7P/c34-28-13-17-30(18-14-28)38-22-29(35)21-33-20-19-25-11-15-31(16-12-25)39-24-41(36,37)40-23-32(26-7-3-1-4-8-26)27-9-5-2-6-10-27/h1-18,29,32-35H,19-24H2,(H,36,37)/t29-/m0/s1. The van der Waals surface area contributed by atoms with Crippen LogP contribution in [0.5, 0.6) is 17.2 Å². The quantitative estimate of drug-likeness (QED) is 0.104. The molecule has 4 aromatic rings. The first-order chi connectivity index (χ1) is 19.9. The molecule has 0 spiro atoms. The molecule has 0 aliphatic heterocycles. The summed E-state index contributed by atoms with van der Waals surface area (Å²) in [5, 5.41) is 22.6. The molecule has 0 saturated heterocycles. The maximum atomic E-state index is 12.8. The van der Waals surface area contributed by atoms with Gasteiger partial charge in [-0.15, -0.1) is 0 Å². The molecule has 9 heteroatoms. The minimum atomic E-state index is -4.00. The number of phenols is 1. The van der Waals surface area contributed by atoms with Crippen molar-refractivity contribution < 1.29 is 33.7 Å². The van der Waals surface area contributed by atoms with Crippen LogP contribution in [0.15, 0.2) is 109 Å². The van der Waals surface area contributed by atoms with Gasteiger partial charge >= 0.3 is 7.60 Å². The molecule has 2 atom stereocenters. The zero-order valence-electron chi connectivity index (χ0n) is 22.7. The van der Waals surface area contributed by atoms with Gasteiger partial charge in [-0.05, 0) is 66.1 Å². The second-order valence-electron chi connectivity index (χ2n) is 9.64. The minimum Gasteiger partial charge on any atom is -0.508 e. The van der Waals surface area contributed by atoms with Crippen molar-refractivity contribution in [3.8, 4) is 17.2 Å². The van der Waals surface area contributed by atoms with Crippen molar-refractivity contribution in [2.45, 2.75) is 18.4 Å². The molecular weight excluding hydrogens is 541 g/mol. The summed E-state index contributed by atoms with van der Waals surface area (Å²) in [6.07, 6.45) is -0.395. The van der Waals surface area contributed by atoms with E-state index < -0.39 is 20.0 Å². The van der Waals surface area contributed by atoms with Gasteiger partial charge in [-0.1, -0.05) is 72.8 Å². The molecule has 216 valence electrons. The molecule has 4 rings (SSSR count). The molecule has 0 fully saturated rings. The lowest BCUT2D eigenvalue weighted by Gasteiger charge is -2.20. The second kappa shape index (κ2) is 15.4. The Morgan fingerprint density at radius 2 is 1.29 bits per heavy atom. The predicted octanol–water partition coefficient (Wildman–Crippen LogP) is 5.33. The van der Waals surface area contributed by atoms with E-state index in [0.29, 0.717) is 24.6 Å². The van der Waals surface area contributed by atoms with E-state index in [2.05, 4.69) is 5.32 Å². The van der Waals surface area contributed by atoms with Gasteiger partial charge in [-0.2, -0.15) is 0 Å². The van der Waals surface area contributed by atoms with Crippen LogP contribution in [0.2, 0.25) is 0 Å². The fraction of sp³-hybridized carbons (Fsp3) is 0.250. The van der Waals surface area contributed by atoms with Crippen LogP contribution < -0.4 is 14.8 Å². The summed E-state index contributed by atoms with van der Waals surface area (Å²) in [6.45, 7) is 1.22. The molecule has 0 heterocycles. The Labute approximate surface area is 240 Å². The number of ether oxygens (including phenoxy) is 2. The van der Waals surface area contributed by atoms with Crippen LogP contribution in [0.4, 0.5) is 0 Å². The fourth-order valence-corrected chi connectivity index (χ4v) is 4.96. The number of benzene rings is 4. The Bertz CT molecular complexity index is 1310. The molecule has 4 N–H and O–H groups in total. The highest BCUT2D eigenvalue weighted by molar-refractivity contribution is 7.52. The molecule has 8 nitrogen and oxygen atoms in total. The van der Waals surface area contributed by atoms with Crippen molar-refractivity contribution in [3.05, 3.63) is 126 Å². The van der Waals surface area contributed by atoms with Crippen molar-refractivity contribution in [3.63, 3.8) is 0 Å². The summed E-state index contributed by atoms with van der Waals surface area (Å²) < 4.78 is 29.4. The first kappa shape index (κ1) is 30.3. The van der Waals surface area contributed by atoms with Crippen molar-refractivity contribution in [1.29, 1.82) is 0 Å². The molecule has 0 saturated carbocycles. The molecule has 0 bridgehead atoms. The molecule has 4 aromatic carbocycles. The van der Waals surface area contributed by atoms with E-state index in [1.807, 2.05) is 72.8 Å². The van der Waals surface area contributed by atoms with E-state index >= 15 is 0 Å². The van der Waals surface area contributed by atoms with E-state index in [1.54, 1.807) is 24.3 Å². The van der Waals surface area contributed by atoms with Crippen molar-refractivity contribution in [1.82, 2.24) is 5.32 Å². The van der Waals surface area contributed by atoms with E-state index in [4.69, 9.17) is 14.0 Å². The van der Waals surface area contributed by atoms with Gasteiger partial charge in [0.05, 0.1) is 6.61 Å². The first-order valence-electron chi connectivity index (χ1n) is 13.5. The molecule has 0 aliphatic carbocycles. The normalized spacial score (nSPS) is 13.4. The van der Waals surface area contributed by atoms with E-state index in [-0.39, 0.29) is 24.9 Å². The van der Waals surface area contributed by atoms with E-state index in [9.17, 15) is 19.7 Å². The number of nitrogens with one attached hydrogen (secondary N) is 1.